The van der Waals surface area contributed by atoms with Crippen LogP contribution in [0.5, 0.6) is 17.5 Å². The van der Waals surface area contributed by atoms with Gasteiger partial charge in [-0.2, -0.15) is 4.98 Å². The van der Waals surface area contributed by atoms with Crippen molar-refractivity contribution in [1.29, 1.82) is 0 Å². The normalized spacial score (nSPS) is 15.2. The molecule has 0 saturated carbocycles. The van der Waals surface area contributed by atoms with Crippen LogP contribution in [0.4, 0.5) is 13.2 Å². The molecule has 0 radical (unpaired) electrons. The van der Waals surface area contributed by atoms with Gasteiger partial charge in [0.05, 0.1) is 24.3 Å². The number of fused-ring (bicyclic) bond motifs is 1. The van der Waals surface area contributed by atoms with E-state index in [1.54, 1.807) is 31.6 Å². The molecule has 0 aliphatic heterocycles. The maximum atomic E-state index is 13.7. The third-order valence-electron chi connectivity index (χ3n) is 6.10. The van der Waals surface area contributed by atoms with Crippen molar-refractivity contribution in [3.05, 3.63) is 87.5 Å². The van der Waals surface area contributed by atoms with E-state index in [1.165, 1.54) is 28.3 Å². The number of ether oxygens (including phenoxy) is 2. The molecule has 1 aliphatic rings. The largest absolute Gasteiger partial charge is 0.573 e. The maximum absolute atomic E-state index is 13.7. The molecular weight excluding hydrogens is 517 g/mol. The lowest BCUT2D eigenvalue weighted by atomic mass is 10.0. The fourth-order valence-corrected chi connectivity index (χ4v) is 4.34. The van der Waals surface area contributed by atoms with Crippen LogP contribution < -0.4 is 20.7 Å². The Balaban J connectivity index is 1.87. The summed E-state index contributed by atoms with van der Waals surface area (Å²) >= 11 is 0. The molecule has 2 aromatic heterocycles. The summed E-state index contributed by atoms with van der Waals surface area (Å²) in [7, 11) is 1.44. The highest BCUT2D eigenvalue weighted by atomic mass is 19.4. The Kier molecular flexibility index (Phi) is 7.51. The molecule has 1 N–H and O–H groups in total. The fourth-order valence-electron chi connectivity index (χ4n) is 4.34. The molecule has 3 aromatic rings. The lowest BCUT2D eigenvalue weighted by Gasteiger charge is -2.23. The van der Waals surface area contributed by atoms with Crippen molar-refractivity contribution in [2.45, 2.75) is 51.7 Å². The highest BCUT2D eigenvalue weighted by molar-refractivity contribution is 5.72. The first-order valence-corrected chi connectivity index (χ1v) is 12.1. The van der Waals surface area contributed by atoms with E-state index in [1.807, 2.05) is 6.92 Å². The van der Waals surface area contributed by atoms with E-state index in [0.717, 1.165) is 27.8 Å². The second-order valence-corrected chi connectivity index (χ2v) is 9.57. The molecule has 1 aliphatic carbocycles. The first-order valence-electron chi connectivity index (χ1n) is 12.1. The van der Waals surface area contributed by atoms with Crippen LogP contribution in [-0.2, 0) is 20.1 Å². The summed E-state index contributed by atoms with van der Waals surface area (Å²) in [4.78, 5) is 31.2. The van der Waals surface area contributed by atoms with Crippen molar-refractivity contribution in [3.8, 4) is 17.5 Å². The minimum absolute atomic E-state index is 0.0165. The van der Waals surface area contributed by atoms with Crippen LogP contribution in [-0.4, -0.2) is 35.8 Å². The molecule has 4 rings (SSSR count). The maximum Gasteiger partial charge on any atom is 0.573 e. The summed E-state index contributed by atoms with van der Waals surface area (Å²) in [5.41, 5.74) is -1.11. The van der Waals surface area contributed by atoms with E-state index in [0.29, 0.717) is 12.8 Å². The number of benzene rings is 1. The average molecular weight is 546 g/mol. The number of hydrogen-bond donors (Lipinski definition) is 1. The Bertz CT molecular complexity index is 1590. The number of imidazole rings is 1. The molecule has 2 heterocycles. The molecule has 1 aromatic carbocycles. The molecule has 206 valence electrons. The molecule has 0 fully saturated rings. The van der Waals surface area contributed by atoms with Gasteiger partial charge in [0.2, 0.25) is 0 Å². The Labute approximate surface area is 221 Å². The van der Waals surface area contributed by atoms with Crippen molar-refractivity contribution in [2.75, 3.05) is 0 Å². The predicted octanol–water partition coefficient (Wildman–Crippen LogP) is 4.40. The Morgan fingerprint density at radius 2 is 1.87 bits per heavy atom. The van der Waals surface area contributed by atoms with Crippen LogP contribution in [0.25, 0.3) is 11.2 Å². The smallest absolute Gasteiger partial charge is 0.425 e. The lowest BCUT2D eigenvalue weighted by Crippen LogP contribution is -2.45. The van der Waals surface area contributed by atoms with Crippen LogP contribution in [0.1, 0.15) is 26.7 Å². The molecule has 39 heavy (non-hydrogen) atoms. The Morgan fingerprint density at radius 1 is 1.15 bits per heavy atom. The summed E-state index contributed by atoms with van der Waals surface area (Å²) in [6, 6.07) is 4.75. The van der Waals surface area contributed by atoms with Crippen LogP contribution in [0, 0.1) is 6.42 Å². The zero-order chi connectivity index (χ0) is 28.5. The quantitative estimate of drug-likeness (QED) is 0.400. The molecule has 0 spiro atoms. The van der Waals surface area contributed by atoms with Gasteiger partial charge in [-0.15, -0.1) is 13.2 Å². The third-order valence-corrected chi connectivity index (χ3v) is 6.10. The summed E-state index contributed by atoms with van der Waals surface area (Å²) < 4.78 is 51.6. The summed E-state index contributed by atoms with van der Waals surface area (Å²) in [5, 5.41) is 10.8. The van der Waals surface area contributed by atoms with E-state index < -0.39 is 29.0 Å². The number of alkyl halides is 3. The van der Waals surface area contributed by atoms with Gasteiger partial charge in [-0.1, -0.05) is 19.4 Å². The highest BCUT2D eigenvalue weighted by Crippen LogP contribution is 2.30. The number of aryl methyl sites for hydroxylation is 1. The van der Waals surface area contributed by atoms with E-state index in [4.69, 9.17) is 4.74 Å². The van der Waals surface area contributed by atoms with Gasteiger partial charge in [-0.25, -0.2) is 4.79 Å². The van der Waals surface area contributed by atoms with Crippen molar-refractivity contribution in [2.24, 2.45) is 7.05 Å². The SMILES string of the molecule is C=C1C=CC(Cn2c(Oc3cccc(OC(F)(F)F)c3)nc3c2c(=O)n(CC(C)(O)CCC)c(=O)n3C)=C[CH+]1. The molecule has 12 heteroatoms. The number of aliphatic hydroxyl groups is 1. The van der Waals surface area contributed by atoms with E-state index >= 15 is 0 Å². The third kappa shape index (κ3) is 6.28. The van der Waals surface area contributed by atoms with Gasteiger partial charge >= 0.3 is 18.1 Å². The van der Waals surface area contributed by atoms with Gasteiger partial charge in [-0.05, 0) is 32.1 Å². The molecule has 9 nitrogen and oxygen atoms in total. The molecular formula is C27H28F3N4O5+. The summed E-state index contributed by atoms with van der Waals surface area (Å²) in [6.45, 7) is 7.14. The van der Waals surface area contributed by atoms with Gasteiger partial charge in [0.15, 0.2) is 11.2 Å². The molecule has 0 saturated heterocycles. The number of nitrogens with zero attached hydrogens (tertiary/aromatic N) is 4. The van der Waals surface area contributed by atoms with E-state index in [2.05, 4.69) is 16.3 Å². The van der Waals surface area contributed by atoms with Crippen molar-refractivity contribution < 1.29 is 27.8 Å². The number of halogens is 3. The lowest BCUT2D eigenvalue weighted by molar-refractivity contribution is -0.274. The van der Waals surface area contributed by atoms with Crippen LogP contribution >= 0.6 is 0 Å². The molecule has 0 amide bonds. The highest BCUT2D eigenvalue weighted by Gasteiger charge is 2.31. The van der Waals surface area contributed by atoms with Gasteiger partial charge in [-0.3, -0.25) is 18.5 Å². The van der Waals surface area contributed by atoms with Crippen molar-refractivity contribution in [1.82, 2.24) is 18.7 Å². The second kappa shape index (κ2) is 10.5. The zero-order valence-electron chi connectivity index (χ0n) is 21.7. The molecule has 0 bridgehead atoms. The fraction of sp³-hybridized carbons (Fsp3) is 0.333. The predicted molar refractivity (Wildman–Crippen MR) is 139 cm³/mol. The number of allylic oxidation sites excluding steroid dienone is 5. The van der Waals surface area contributed by atoms with E-state index in [-0.39, 0.29) is 36.0 Å². The first kappa shape index (κ1) is 27.8. The number of rotatable bonds is 9. The Hall–Kier alpha value is -4.19. The number of aromatic nitrogens is 4. The van der Waals surface area contributed by atoms with Crippen LogP contribution in [0.15, 0.2) is 69.8 Å². The minimum atomic E-state index is -4.89. The summed E-state index contributed by atoms with van der Waals surface area (Å²) in [6.07, 6.45) is 3.26. The number of hydrogen-bond acceptors (Lipinski definition) is 6. The second-order valence-electron chi connectivity index (χ2n) is 9.57. The van der Waals surface area contributed by atoms with E-state index in [9.17, 15) is 27.9 Å². The average Bonchev–Trinajstić information content (AvgIpc) is 3.19. The first-order chi connectivity index (χ1) is 18.3. The zero-order valence-corrected chi connectivity index (χ0v) is 21.7. The van der Waals surface area contributed by atoms with Crippen molar-refractivity contribution >= 4 is 11.2 Å². The molecule has 1 atom stereocenters. The van der Waals surface area contributed by atoms with Gasteiger partial charge < -0.3 is 14.6 Å². The topological polar surface area (TPSA) is 101 Å². The van der Waals surface area contributed by atoms with Gasteiger partial charge in [0, 0.05) is 43.3 Å². The Morgan fingerprint density at radius 3 is 2.51 bits per heavy atom. The standard InChI is InChI=1S/C27H28F3N4O5/c1-5-13-26(3,37)16-34-23(35)21-22(32(4)25(34)36)31-24(33(21)15-18-11-9-17(2)10-12-18)38-19-7-6-8-20(14-19)39-27(28,29)30/h6-12,14,37H,2,5,13,15-16H2,1,3-4H3/q+1. The monoisotopic (exact) mass is 545 g/mol. The van der Waals surface area contributed by atoms with Crippen LogP contribution in [0.2, 0.25) is 0 Å². The van der Waals surface area contributed by atoms with Crippen molar-refractivity contribution in [3.63, 3.8) is 0 Å². The summed E-state index contributed by atoms with van der Waals surface area (Å²) in [5.74, 6) is -0.528. The van der Waals surface area contributed by atoms with Gasteiger partial charge in [0.25, 0.3) is 5.56 Å². The minimum Gasteiger partial charge on any atom is -0.425 e. The van der Waals surface area contributed by atoms with Gasteiger partial charge in [0.1, 0.15) is 11.5 Å². The van der Waals surface area contributed by atoms with Crippen LogP contribution in [0.3, 0.4) is 0 Å². The molecule has 1 unspecified atom stereocenters.